The molecule has 0 saturated carbocycles. The minimum atomic E-state index is -3.75. The molecular formula is C20H24FN3O3S. The average Bonchev–Trinajstić information content (AvgIpc) is 2.68. The molecule has 1 amide bonds. The fraction of sp³-hybridized carbons (Fsp3) is 0.350. The number of sulfonamides is 1. The third-order valence-corrected chi connectivity index (χ3v) is 6.32. The molecule has 2 aromatic rings. The number of carbonyl (C=O) groups excluding carboxylic acids is 1. The molecule has 1 saturated heterocycles. The van der Waals surface area contributed by atoms with Gasteiger partial charge in [-0.05, 0) is 42.8 Å². The van der Waals surface area contributed by atoms with Gasteiger partial charge in [-0.15, -0.1) is 0 Å². The highest BCUT2D eigenvalue weighted by Gasteiger charge is 2.22. The third kappa shape index (κ3) is 4.88. The molecule has 0 spiro atoms. The Morgan fingerprint density at radius 1 is 1.04 bits per heavy atom. The van der Waals surface area contributed by atoms with Crippen molar-refractivity contribution in [2.75, 3.05) is 37.6 Å². The van der Waals surface area contributed by atoms with Crippen LogP contribution in [0.25, 0.3) is 0 Å². The lowest BCUT2D eigenvalue weighted by molar-refractivity contribution is -0.131. The van der Waals surface area contributed by atoms with E-state index in [0.717, 1.165) is 25.2 Å². The molecular weight excluding hydrogens is 381 g/mol. The number of nitrogens with zero attached hydrogens (tertiary/aromatic N) is 2. The summed E-state index contributed by atoms with van der Waals surface area (Å²) in [6.45, 7) is 4.79. The van der Waals surface area contributed by atoms with E-state index in [4.69, 9.17) is 0 Å². The van der Waals surface area contributed by atoms with E-state index >= 15 is 0 Å². The first-order valence-electron chi connectivity index (χ1n) is 9.20. The quantitative estimate of drug-likeness (QED) is 0.800. The minimum Gasteiger partial charge on any atom is -0.368 e. The van der Waals surface area contributed by atoms with Crippen molar-refractivity contribution in [1.82, 2.24) is 9.62 Å². The van der Waals surface area contributed by atoms with E-state index in [-0.39, 0.29) is 23.8 Å². The number of hydrogen-bond acceptors (Lipinski definition) is 4. The number of rotatable bonds is 6. The summed E-state index contributed by atoms with van der Waals surface area (Å²) >= 11 is 0. The van der Waals surface area contributed by atoms with E-state index in [0.29, 0.717) is 13.1 Å². The van der Waals surface area contributed by atoms with Crippen molar-refractivity contribution in [2.45, 2.75) is 18.2 Å². The molecule has 1 N–H and O–H groups in total. The zero-order valence-electron chi connectivity index (χ0n) is 15.8. The molecule has 3 rings (SSSR count). The van der Waals surface area contributed by atoms with E-state index in [1.54, 1.807) is 4.90 Å². The Morgan fingerprint density at radius 3 is 2.32 bits per heavy atom. The summed E-state index contributed by atoms with van der Waals surface area (Å²) in [5, 5.41) is 0. The molecule has 8 heteroatoms. The van der Waals surface area contributed by atoms with E-state index in [1.165, 1.54) is 23.4 Å². The third-order valence-electron chi connectivity index (χ3n) is 4.84. The first-order valence-corrected chi connectivity index (χ1v) is 10.7. The molecule has 6 nitrogen and oxygen atoms in total. The molecule has 1 fully saturated rings. The summed E-state index contributed by atoms with van der Waals surface area (Å²) in [6.07, 6.45) is 0.0881. The summed E-state index contributed by atoms with van der Waals surface area (Å²) in [4.78, 5) is 16.4. The Balaban J connectivity index is 1.47. The second kappa shape index (κ2) is 8.70. The van der Waals surface area contributed by atoms with Crippen LogP contribution in [0.2, 0.25) is 0 Å². The van der Waals surface area contributed by atoms with E-state index in [9.17, 15) is 17.6 Å². The van der Waals surface area contributed by atoms with Gasteiger partial charge in [-0.3, -0.25) is 4.79 Å². The highest BCUT2D eigenvalue weighted by atomic mass is 32.2. The number of anilines is 1. The van der Waals surface area contributed by atoms with Crippen LogP contribution in [-0.2, 0) is 14.8 Å². The van der Waals surface area contributed by atoms with Crippen LogP contribution in [-0.4, -0.2) is 51.9 Å². The molecule has 2 aromatic carbocycles. The van der Waals surface area contributed by atoms with Crippen molar-refractivity contribution in [3.8, 4) is 0 Å². The molecule has 0 aliphatic carbocycles. The smallest absolute Gasteiger partial charge is 0.240 e. The maximum atomic E-state index is 12.9. The monoisotopic (exact) mass is 405 g/mol. The number of nitrogens with one attached hydrogen (secondary N) is 1. The molecule has 1 aliphatic rings. The van der Waals surface area contributed by atoms with Crippen molar-refractivity contribution in [3.63, 3.8) is 0 Å². The number of piperazine rings is 1. The van der Waals surface area contributed by atoms with Crippen LogP contribution < -0.4 is 9.62 Å². The SMILES string of the molecule is Cc1ccccc1N1CCN(C(=O)CCNS(=O)(=O)c2ccc(F)cc2)CC1. The molecule has 0 unspecified atom stereocenters. The number of benzene rings is 2. The van der Waals surface area contributed by atoms with Gasteiger partial charge in [-0.1, -0.05) is 18.2 Å². The molecule has 1 heterocycles. The number of hydrogen-bond donors (Lipinski definition) is 1. The van der Waals surface area contributed by atoms with Crippen LogP contribution in [0.4, 0.5) is 10.1 Å². The van der Waals surface area contributed by atoms with Gasteiger partial charge in [0.2, 0.25) is 15.9 Å². The van der Waals surface area contributed by atoms with Crippen molar-refractivity contribution >= 4 is 21.6 Å². The Morgan fingerprint density at radius 2 is 1.68 bits per heavy atom. The lowest BCUT2D eigenvalue weighted by Gasteiger charge is -2.36. The van der Waals surface area contributed by atoms with Gasteiger partial charge in [0.05, 0.1) is 4.90 Å². The summed E-state index contributed by atoms with van der Waals surface area (Å²) in [5.74, 6) is -0.579. The Kier molecular flexibility index (Phi) is 6.31. The fourth-order valence-corrected chi connectivity index (χ4v) is 4.29. The Hall–Kier alpha value is -2.45. The Labute approximate surface area is 165 Å². The van der Waals surface area contributed by atoms with Crippen LogP contribution in [0.5, 0.6) is 0 Å². The number of carbonyl (C=O) groups is 1. The standard InChI is InChI=1S/C20H24FN3O3S/c1-16-4-2-3-5-19(16)23-12-14-24(15-13-23)20(25)10-11-22-28(26,27)18-8-6-17(21)7-9-18/h2-9,22H,10-15H2,1H3. The van der Waals surface area contributed by atoms with Gasteiger partial charge in [0.15, 0.2) is 0 Å². The topological polar surface area (TPSA) is 69.7 Å². The number of para-hydroxylation sites is 1. The predicted molar refractivity (Wildman–Crippen MR) is 106 cm³/mol. The van der Waals surface area contributed by atoms with Crippen molar-refractivity contribution in [3.05, 3.63) is 59.9 Å². The van der Waals surface area contributed by atoms with Crippen molar-refractivity contribution in [2.24, 2.45) is 0 Å². The van der Waals surface area contributed by atoms with Crippen LogP contribution >= 0.6 is 0 Å². The molecule has 0 radical (unpaired) electrons. The van der Waals surface area contributed by atoms with Crippen LogP contribution in [0.1, 0.15) is 12.0 Å². The van der Waals surface area contributed by atoms with Gasteiger partial charge in [0, 0.05) is 44.8 Å². The van der Waals surface area contributed by atoms with Gasteiger partial charge in [-0.2, -0.15) is 0 Å². The highest BCUT2D eigenvalue weighted by Crippen LogP contribution is 2.21. The van der Waals surface area contributed by atoms with Gasteiger partial charge in [0.25, 0.3) is 0 Å². The largest absolute Gasteiger partial charge is 0.368 e. The molecule has 28 heavy (non-hydrogen) atoms. The molecule has 1 aliphatic heterocycles. The fourth-order valence-electron chi connectivity index (χ4n) is 3.26. The van der Waals surface area contributed by atoms with E-state index < -0.39 is 15.8 Å². The summed E-state index contributed by atoms with van der Waals surface area (Å²) in [6, 6.07) is 12.7. The zero-order chi connectivity index (χ0) is 20.1. The maximum Gasteiger partial charge on any atom is 0.240 e. The first kappa shape index (κ1) is 20.3. The summed E-state index contributed by atoms with van der Waals surface area (Å²) in [7, 11) is -3.75. The van der Waals surface area contributed by atoms with Crippen LogP contribution in [0.15, 0.2) is 53.4 Å². The summed E-state index contributed by atoms with van der Waals surface area (Å²) in [5.41, 5.74) is 2.39. The average molecular weight is 405 g/mol. The predicted octanol–water partition coefficient (Wildman–Crippen LogP) is 2.15. The summed E-state index contributed by atoms with van der Waals surface area (Å²) < 4.78 is 39.7. The normalized spacial score (nSPS) is 14.9. The lowest BCUT2D eigenvalue weighted by atomic mass is 10.1. The van der Waals surface area contributed by atoms with E-state index in [2.05, 4.69) is 28.7 Å². The second-order valence-electron chi connectivity index (χ2n) is 6.76. The molecule has 0 aromatic heterocycles. The highest BCUT2D eigenvalue weighted by molar-refractivity contribution is 7.89. The first-order chi connectivity index (χ1) is 13.4. The number of aryl methyl sites for hydroxylation is 1. The Bertz CT molecular complexity index is 924. The van der Waals surface area contributed by atoms with Crippen molar-refractivity contribution < 1.29 is 17.6 Å². The van der Waals surface area contributed by atoms with Gasteiger partial charge in [0.1, 0.15) is 5.82 Å². The van der Waals surface area contributed by atoms with Crippen LogP contribution in [0, 0.1) is 12.7 Å². The van der Waals surface area contributed by atoms with E-state index in [1.807, 2.05) is 12.1 Å². The molecule has 0 bridgehead atoms. The lowest BCUT2D eigenvalue weighted by Crippen LogP contribution is -2.49. The second-order valence-corrected chi connectivity index (χ2v) is 8.52. The van der Waals surface area contributed by atoms with Gasteiger partial charge < -0.3 is 9.80 Å². The minimum absolute atomic E-state index is 0.0105. The van der Waals surface area contributed by atoms with Gasteiger partial charge in [-0.25, -0.2) is 17.5 Å². The van der Waals surface area contributed by atoms with Crippen LogP contribution in [0.3, 0.4) is 0 Å². The molecule has 0 atom stereocenters. The maximum absolute atomic E-state index is 12.9. The molecule has 150 valence electrons. The van der Waals surface area contributed by atoms with Gasteiger partial charge >= 0.3 is 0 Å². The number of amides is 1. The number of halogens is 1. The zero-order valence-corrected chi connectivity index (χ0v) is 16.6. The van der Waals surface area contributed by atoms with Crippen molar-refractivity contribution in [1.29, 1.82) is 0 Å².